The van der Waals surface area contributed by atoms with Crippen LogP contribution in [0.25, 0.3) is 0 Å². The zero-order valence-corrected chi connectivity index (χ0v) is 8.98. The number of hydrogen-bond acceptors (Lipinski definition) is 4. The van der Waals surface area contributed by atoms with Gasteiger partial charge in [-0.25, -0.2) is 4.79 Å². The molecule has 0 aliphatic rings. The van der Waals surface area contributed by atoms with Crippen LogP contribution in [0.5, 0.6) is 0 Å². The van der Waals surface area contributed by atoms with E-state index in [-0.39, 0.29) is 5.69 Å². The Hall–Kier alpha value is -1.71. The third-order valence-corrected chi connectivity index (χ3v) is 1.48. The monoisotopic (exact) mass is 207 g/mol. The molecule has 1 heterocycles. The van der Waals surface area contributed by atoms with Crippen LogP contribution in [0.3, 0.4) is 0 Å². The molecule has 80 valence electrons. The van der Waals surface area contributed by atoms with Crippen molar-refractivity contribution in [2.24, 2.45) is 0 Å². The second kappa shape index (κ2) is 4.21. The highest BCUT2D eigenvalue weighted by Gasteiger charge is 2.24. The quantitative estimate of drug-likeness (QED) is 0.420. The lowest BCUT2D eigenvalue weighted by Gasteiger charge is -2.18. The molecule has 0 atom stereocenters. The summed E-state index contributed by atoms with van der Waals surface area (Å²) in [5.74, 6) is -1.59. The summed E-state index contributed by atoms with van der Waals surface area (Å²) in [5.41, 5.74) is -0.562. The van der Waals surface area contributed by atoms with Crippen LogP contribution in [-0.4, -0.2) is 22.3 Å². The lowest BCUT2D eigenvalue weighted by Crippen LogP contribution is -2.29. The van der Waals surface area contributed by atoms with E-state index in [0.29, 0.717) is 0 Å². The third-order valence-electron chi connectivity index (χ3n) is 1.48. The summed E-state index contributed by atoms with van der Waals surface area (Å²) in [4.78, 5) is 26.6. The molecule has 4 nitrogen and oxygen atoms in total. The largest absolute Gasteiger partial charge is 0.454 e. The fourth-order valence-electron chi connectivity index (χ4n) is 0.926. The number of carbonyl (C=O) groups is 2. The summed E-state index contributed by atoms with van der Waals surface area (Å²) < 4.78 is 4.93. The van der Waals surface area contributed by atoms with Crippen molar-refractivity contribution in [3.05, 3.63) is 30.1 Å². The molecule has 15 heavy (non-hydrogen) atoms. The minimum Gasteiger partial charge on any atom is -0.454 e. The Balaban J connectivity index is 2.75. The van der Waals surface area contributed by atoms with E-state index >= 15 is 0 Å². The predicted molar refractivity (Wildman–Crippen MR) is 54.4 cm³/mol. The first-order valence-electron chi connectivity index (χ1n) is 4.59. The fourth-order valence-corrected chi connectivity index (χ4v) is 0.926. The number of hydrogen-bond donors (Lipinski definition) is 0. The van der Waals surface area contributed by atoms with Crippen LogP contribution < -0.4 is 0 Å². The lowest BCUT2D eigenvalue weighted by atomic mass is 10.2. The van der Waals surface area contributed by atoms with Gasteiger partial charge in [0.05, 0.1) is 0 Å². The van der Waals surface area contributed by atoms with Crippen molar-refractivity contribution in [3.8, 4) is 0 Å². The number of rotatable bonds is 2. The summed E-state index contributed by atoms with van der Waals surface area (Å²) in [7, 11) is 0. The molecule has 1 aromatic rings. The molecule has 0 radical (unpaired) electrons. The van der Waals surface area contributed by atoms with Crippen LogP contribution in [0.15, 0.2) is 24.4 Å². The average Bonchev–Trinajstić information content (AvgIpc) is 2.15. The van der Waals surface area contributed by atoms with Crippen LogP contribution >= 0.6 is 0 Å². The number of ether oxygens (including phenoxy) is 1. The predicted octanol–water partition coefficient (Wildman–Crippen LogP) is 1.61. The van der Waals surface area contributed by atoms with E-state index in [2.05, 4.69) is 4.98 Å². The molecule has 0 saturated heterocycles. The van der Waals surface area contributed by atoms with Crippen molar-refractivity contribution >= 4 is 11.8 Å². The first-order chi connectivity index (χ1) is 6.90. The van der Waals surface area contributed by atoms with E-state index in [9.17, 15) is 9.59 Å². The Bertz CT molecular complexity index is 365. The molecular weight excluding hydrogens is 194 g/mol. The Morgan fingerprint density at radius 2 is 1.93 bits per heavy atom. The zero-order chi connectivity index (χ0) is 11.5. The highest BCUT2D eigenvalue weighted by molar-refractivity contribution is 6.40. The summed E-state index contributed by atoms with van der Waals surface area (Å²) in [5, 5.41) is 0. The van der Waals surface area contributed by atoms with Crippen molar-refractivity contribution in [3.63, 3.8) is 0 Å². The van der Waals surface area contributed by atoms with Gasteiger partial charge in [0.2, 0.25) is 0 Å². The number of pyridine rings is 1. The molecular formula is C11H13NO3. The molecule has 1 rings (SSSR count). The van der Waals surface area contributed by atoms with E-state index in [4.69, 9.17) is 4.74 Å². The summed E-state index contributed by atoms with van der Waals surface area (Å²) in [6.45, 7) is 5.11. The topological polar surface area (TPSA) is 56.3 Å². The van der Waals surface area contributed by atoms with Gasteiger partial charge in [0.15, 0.2) is 0 Å². The summed E-state index contributed by atoms with van der Waals surface area (Å²) in [6.07, 6.45) is 1.46. The number of Topliss-reactive ketones (excluding diaryl/α,β-unsaturated/α-hetero) is 1. The molecule has 0 spiro atoms. The van der Waals surface area contributed by atoms with Crippen molar-refractivity contribution in [2.75, 3.05) is 0 Å². The first kappa shape index (κ1) is 11.4. The minimum absolute atomic E-state index is 0.103. The van der Waals surface area contributed by atoms with Gasteiger partial charge in [-0.3, -0.25) is 9.78 Å². The van der Waals surface area contributed by atoms with Gasteiger partial charge in [0, 0.05) is 6.20 Å². The van der Waals surface area contributed by atoms with Crippen LogP contribution in [0.1, 0.15) is 31.3 Å². The first-order valence-corrected chi connectivity index (χ1v) is 4.59. The highest BCUT2D eigenvalue weighted by Crippen LogP contribution is 2.08. The standard InChI is InChI=1S/C11H13NO3/c1-11(2,3)15-10(14)9(13)8-6-4-5-7-12-8/h4-7H,1-3H3. The molecule has 0 N–H and O–H groups in total. The normalized spacial score (nSPS) is 10.9. The van der Waals surface area contributed by atoms with E-state index in [1.54, 1.807) is 32.9 Å². The summed E-state index contributed by atoms with van der Waals surface area (Å²) in [6, 6.07) is 4.79. The number of esters is 1. The molecule has 0 aliphatic heterocycles. The number of nitrogens with zero attached hydrogens (tertiary/aromatic N) is 1. The van der Waals surface area contributed by atoms with Gasteiger partial charge in [-0.05, 0) is 32.9 Å². The SMILES string of the molecule is CC(C)(C)OC(=O)C(=O)c1ccccn1. The van der Waals surface area contributed by atoms with Gasteiger partial charge in [0.1, 0.15) is 11.3 Å². The van der Waals surface area contributed by atoms with Crippen LogP contribution in [0, 0.1) is 0 Å². The van der Waals surface area contributed by atoms with E-state index in [1.807, 2.05) is 0 Å². The molecule has 0 amide bonds. The molecule has 0 bridgehead atoms. The van der Waals surface area contributed by atoms with Crippen LogP contribution in [0.2, 0.25) is 0 Å². The molecule has 0 aliphatic carbocycles. The Morgan fingerprint density at radius 3 is 2.40 bits per heavy atom. The Kier molecular flexibility index (Phi) is 3.19. The molecule has 0 fully saturated rings. The van der Waals surface area contributed by atoms with Crippen molar-refractivity contribution in [2.45, 2.75) is 26.4 Å². The van der Waals surface area contributed by atoms with Crippen molar-refractivity contribution in [1.82, 2.24) is 4.98 Å². The number of carbonyl (C=O) groups excluding carboxylic acids is 2. The van der Waals surface area contributed by atoms with Crippen molar-refractivity contribution < 1.29 is 14.3 Å². The van der Waals surface area contributed by atoms with Gasteiger partial charge in [-0.15, -0.1) is 0 Å². The molecule has 0 aromatic carbocycles. The second-order valence-electron chi connectivity index (χ2n) is 4.05. The number of aromatic nitrogens is 1. The van der Waals surface area contributed by atoms with E-state index in [0.717, 1.165) is 0 Å². The van der Waals surface area contributed by atoms with Gasteiger partial charge in [0.25, 0.3) is 5.78 Å². The average molecular weight is 207 g/mol. The second-order valence-corrected chi connectivity index (χ2v) is 4.05. The fraction of sp³-hybridized carbons (Fsp3) is 0.364. The lowest BCUT2D eigenvalue weighted by molar-refractivity contribution is -0.148. The maximum absolute atomic E-state index is 11.5. The highest BCUT2D eigenvalue weighted by atomic mass is 16.6. The molecule has 1 aromatic heterocycles. The Morgan fingerprint density at radius 1 is 1.27 bits per heavy atom. The number of ketones is 1. The van der Waals surface area contributed by atoms with Gasteiger partial charge in [-0.2, -0.15) is 0 Å². The maximum atomic E-state index is 11.5. The third kappa shape index (κ3) is 3.50. The minimum atomic E-state index is -0.874. The summed E-state index contributed by atoms with van der Waals surface area (Å²) >= 11 is 0. The van der Waals surface area contributed by atoms with E-state index in [1.165, 1.54) is 12.3 Å². The van der Waals surface area contributed by atoms with Gasteiger partial charge < -0.3 is 4.74 Å². The van der Waals surface area contributed by atoms with Gasteiger partial charge >= 0.3 is 5.97 Å². The molecule has 0 unspecified atom stereocenters. The van der Waals surface area contributed by atoms with E-state index < -0.39 is 17.4 Å². The maximum Gasteiger partial charge on any atom is 0.381 e. The van der Waals surface area contributed by atoms with Crippen LogP contribution in [-0.2, 0) is 9.53 Å². The Labute approximate surface area is 88.3 Å². The zero-order valence-electron chi connectivity index (χ0n) is 8.98. The van der Waals surface area contributed by atoms with Crippen LogP contribution in [0.4, 0.5) is 0 Å². The van der Waals surface area contributed by atoms with Gasteiger partial charge in [-0.1, -0.05) is 6.07 Å². The molecule has 4 heteroatoms. The smallest absolute Gasteiger partial charge is 0.381 e. The van der Waals surface area contributed by atoms with Crippen molar-refractivity contribution in [1.29, 1.82) is 0 Å². The molecule has 0 saturated carbocycles.